The average Bonchev–Trinajstić information content (AvgIpc) is 3.18. The van der Waals surface area contributed by atoms with Gasteiger partial charge in [-0.1, -0.05) is 59.6 Å². The second-order valence-electron chi connectivity index (χ2n) is 7.32. The molecule has 0 aliphatic heterocycles. The third kappa shape index (κ3) is 5.86. The number of carbonyl (C=O) groups excluding carboxylic acids is 3. The molecular formula is C25H17Cl2N3O4S. The standard InChI is InChI=1S/C25H17Cl2N3O4S/c1-14-9-10-16(12-19(14)26)29-23(31)24(32)30-28-13-15-5-4-6-17(11-15)34-25(33)22-21(27)18-7-2-3-8-20(18)35-22/h2-13H,1H3,(H,29,31)(H,30,32). The number of esters is 1. The van der Waals surface area contributed by atoms with E-state index in [4.69, 9.17) is 27.9 Å². The van der Waals surface area contributed by atoms with Crippen molar-refractivity contribution < 1.29 is 19.1 Å². The molecule has 0 atom stereocenters. The Kier molecular flexibility index (Phi) is 7.45. The van der Waals surface area contributed by atoms with Crippen LogP contribution in [0.25, 0.3) is 10.1 Å². The minimum absolute atomic E-state index is 0.271. The molecule has 0 fully saturated rings. The first-order valence-corrected chi connectivity index (χ1v) is 11.8. The Bertz CT molecular complexity index is 1480. The minimum atomic E-state index is -0.958. The van der Waals surface area contributed by atoms with Crippen LogP contribution in [0, 0.1) is 6.92 Å². The first kappa shape index (κ1) is 24.4. The third-order valence-corrected chi connectivity index (χ3v) is 6.87. The maximum Gasteiger partial charge on any atom is 0.355 e. The quantitative estimate of drug-likeness (QED) is 0.113. The number of benzene rings is 3. The first-order valence-electron chi connectivity index (χ1n) is 10.2. The molecule has 0 saturated carbocycles. The smallest absolute Gasteiger partial charge is 0.355 e. The zero-order valence-corrected chi connectivity index (χ0v) is 20.5. The topological polar surface area (TPSA) is 96.9 Å². The lowest BCUT2D eigenvalue weighted by atomic mass is 10.2. The van der Waals surface area contributed by atoms with E-state index in [1.165, 1.54) is 17.6 Å². The number of hydrogen-bond acceptors (Lipinski definition) is 6. The van der Waals surface area contributed by atoms with Crippen LogP contribution in [0.2, 0.25) is 10.0 Å². The number of halogens is 2. The molecule has 35 heavy (non-hydrogen) atoms. The zero-order chi connectivity index (χ0) is 24.9. The van der Waals surface area contributed by atoms with Crippen molar-refractivity contribution in [3.05, 3.63) is 92.8 Å². The Morgan fingerprint density at radius 2 is 1.77 bits per heavy atom. The average molecular weight is 526 g/mol. The summed E-state index contributed by atoms with van der Waals surface area (Å²) >= 11 is 13.6. The molecule has 0 aliphatic rings. The second-order valence-corrected chi connectivity index (χ2v) is 9.16. The number of anilines is 1. The minimum Gasteiger partial charge on any atom is -0.422 e. The number of hydrazone groups is 1. The maximum atomic E-state index is 12.6. The maximum absolute atomic E-state index is 12.6. The summed E-state index contributed by atoms with van der Waals surface area (Å²) in [6.45, 7) is 1.82. The van der Waals surface area contributed by atoms with E-state index in [1.807, 2.05) is 31.2 Å². The molecule has 0 unspecified atom stereocenters. The van der Waals surface area contributed by atoms with E-state index in [2.05, 4.69) is 15.8 Å². The predicted octanol–water partition coefficient (Wildman–Crippen LogP) is 5.82. The van der Waals surface area contributed by atoms with Crippen molar-refractivity contribution in [1.29, 1.82) is 0 Å². The lowest BCUT2D eigenvalue weighted by molar-refractivity contribution is -0.136. The SMILES string of the molecule is Cc1ccc(NC(=O)C(=O)NN=Cc2cccc(OC(=O)c3sc4ccccc4c3Cl)c2)cc1Cl. The number of fused-ring (bicyclic) bond motifs is 1. The van der Waals surface area contributed by atoms with Gasteiger partial charge in [-0.05, 0) is 48.4 Å². The predicted molar refractivity (Wildman–Crippen MR) is 139 cm³/mol. The van der Waals surface area contributed by atoms with Crippen LogP contribution in [-0.2, 0) is 9.59 Å². The van der Waals surface area contributed by atoms with Gasteiger partial charge in [0.05, 0.1) is 11.2 Å². The molecule has 4 rings (SSSR count). The van der Waals surface area contributed by atoms with Gasteiger partial charge in [-0.25, -0.2) is 10.2 Å². The van der Waals surface area contributed by atoms with Gasteiger partial charge in [-0.3, -0.25) is 9.59 Å². The number of hydrogen-bond donors (Lipinski definition) is 2. The van der Waals surface area contributed by atoms with Crippen LogP contribution in [0.1, 0.15) is 20.8 Å². The Morgan fingerprint density at radius 1 is 0.971 bits per heavy atom. The fourth-order valence-corrected chi connectivity index (χ4v) is 4.60. The highest BCUT2D eigenvalue weighted by molar-refractivity contribution is 7.21. The third-order valence-electron chi connectivity index (χ3n) is 4.80. The zero-order valence-electron chi connectivity index (χ0n) is 18.2. The normalized spacial score (nSPS) is 10.9. The van der Waals surface area contributed by atoms with Crippen molar-refractivity contribution >= 4 is 74.3 Å². The van der Waals surface area contributed by atoms with Crippen molar-refractivity contribution in [2.24, 2.45) is 5.10 Å². The highest BCUT2D eigenvalue weighted by Crippen LogP contribution is 2.35. The van der Waals surface area contributed by atoms with Gasteiger partial charge in [0.1, 0.15) is 10.6 Å². The number of nitrogens with zero attached hydrogens (tertiary/aromatic N) is 1. The fourth-order valence-electron chi connectivity index (χ4n) is 3.03. The van der Waals surface area contributed by atoms with Crippen LogP contribution in [-0.4, -0.2) is 24.0 Å². The lowest BCUT2D eigenvalue weighted by Crippen LogP contribution is -2.32. The van der Waals surface area contributed by atoms with Crippen molar-refractivity contribution in [1.82, 2.24) is 5.43 Å². The van der Waals surface area contributed by atoms with Crippen LogP contribution >= 0.6 is 34.5 Å². The number of amides is 2. The Hall–Kier alpha value is -3.72. The molecule has 1 aromatic heterocycles. The van der Waals surface area contributed by atoms with E-state index in [0.29, 0.717) is 26.2 Å². The Morgan fingerprint density at radius 3 is 2.54 bits per heavy atom. The fraction of sp³-hybridized carbons (Fsp3) is 0.0400. The van der Waals surface area contributed by atoms with Crippen molar-refractivity contribution in [3.8, 4) is 5.75 Å². The van der Waals surface area contributed by atoms with Crippen LogP contribution in [0.3, 0.4) is 0 Å². The number of aryl methyl sites for hydroxylation is 1. The summed E-state index contributed by atoms with van der Waals surface area (Å²) in [6.07, 6.45) is 1.32. The van der Waals surface area contributed by atoms with Gasteiger partial charge >= 0.3 is 17.8 Å². The van der Waals surface area contributed by atoms with Gasteiger partial charge in [0.25, 0.3) is 0 Å². The van der Waals surface area contributed by atoms with Crippen molar-refractivity contribution in [2.75, 3.05) is 5.32 Å². The van der Waals surface area contributed by atoms with Gasteiger partial charge in [0.2, 0.25) is 0 Å². The van der Waals surface area contributed by atoms with Gasteiger partial charge in [-0.2, -0.15) is 5.10 Å². The van der Waals surface area contributed by atoms with Crippen molar-refractivity contribution in [2.45, 2.75) is 6.92 Å². The van der Waals surface area contributed by atoms with Crippen LogP contribution in [0.15, 0.2) is 71.8 Å². The number of carbonyl (C=O) groups is 3. The van der Waals surface area contributed by atoms with Crippen LogP contribution in [0.4, 0.5) is 5.69 Å². The summed E-state index contributed by atoms with van der Waals surface area (Å²) in [7, 11) is 0. The van der Waals surface area contributed by atoms with Gasteiger partial charge in [-0.15, -0.1) is 11.3 Å². The highest BCUT2D eigenvalue weighted by Gasteiger charge is 2.19. The summed E-state index contributed by atoms with van der Waals surface area (Å²) in [5.41, 5.74) is 3.91. The van der Waals surface area contributed by atoms with Gasteiger partial charge in [0, 0.05) is 20.8 Å². The molecule has 0 saturated heterocycles. The van der Waals surface area contributed by atoms with E-state index in [1.54, 1.807) is 42.5 Å². The van der Waals surface area contributed by atoms with Crippen LogP contribution < -0.4 is 15.5 Å². The highest BCUT2D eigenvalue weighted by atomic mass is 35.5. The second kappa shape index (κ2) is 10.7. The Balaban J connectivity index is 1.36. The van der Waals surface area contributed by atoms with E-state index >= 15 is 0 Å². The molecule has 4 aromatic rings. The largest absolute Gasteiger partial charge is 0.422 e. The molecule has 0 radical (unpaired) electrons. The van der Waals surface area contributed by atoms with E-state index in [9.17, 15) is 14.4 Å². The van der Waals surface area contributed by atoms with E-state index in [0.717, 1.165) is 15.6 Å². The molecule has 2 amide bonds. The molecule has 3 aromatic carbocycles. The lowest BCUT2D eigenvalue weighted by Gasteiger charge is -2.06. The first-order chi connectivity index (χ1) is 16.8. The summed E-state index contributed by atoms with van der Waals surface area (Å²) < 4.78 is 6.35. The molecule has 0 aliphatic carbocycles. The van der Waals surface area contributed by atoms with Crippen molar-refractivity contribution in [3.63, 3.8) is 0 Å². The molecular weight excluding hydrogens is 509 g/mol. The Labute approximate surface area is 214 Å². The molecule has 10 heteroatoms. The van der Waals surface area contributed by atoms with Gasteiger partial charge in [0.15, 0.2) is 0 Å². The summed E-state index contributed by atoms with van der Waals surface area (Å²) in [5, 5.41) is 7.84. The molecule has 0 bridgehead atoms. The number of ether oxygens (including phenoxy) is 1. The summed E-state index contributed by atoms with van der Waals surface area (Å²) in [6, 6.07) is 18.9. The van der Waals surface area contributed by atoms with Crippen LogP contribution in [0.5, 0.6) is 5.75 Å². The summed E-state index contributed by atoms with van der Waals surface area (Å²) in [5.74, 6) is -2.16. The molecule has 2 N–H and O–H groups in total. The van der Waals surface area contributed by atoms with Gasteiger partial charge < -0.3 is 10.1 Å². The van der Waals surface area contributed by atoms with E-state index < -0.39 is 17.8 Å². The number of rotatable bonds is 5. The number of thiophene rings is 1. The molecule has 176 valence electrons. The summed E-state index contributed by atoms with van der Waals surface area (Å²) in [4.78, 5) is 37.0. The molecule has 0 spiro atoms. The number of nitrogens with one attached hydrogen (secondary N) is 2. The van der Waals surface area contributed by atoms with E-state index in [-0.39, 0.29) is 5.75 Å². The molecule has 1 heterocycles. The molecule has 7 nitrogen and oxygen atoms in total. The monoisotopic (exact) mass is 525 g/mol.